The number of halogens is 2. The van der Waals surface area contributed by atoms with Gasteiger partial charge in [0.05, 0.1) is 15.4 Å². The molecule has 0 bridgehead atoms. The number of aliphatic imine (C=N–C) groups is 1. The first-order valence-electron chi connectivity index (χ1n) is 6.12. The second kappa shape index (κ2) is 6.85. The molecule has 4 nitrogen and oxygen atoms in total. The van der Waals surface area contributed by atoms with E-state index in [0.717, 1.165) is 25.1 Å². The molecule has 8 heteroatoms. The maximum absolute atomic E-state index is 8.62. The number of fused-ring (bicyclic) bond motifs is 1. The largest absolute Gasteiger partial charge is 0.290 e. The minimum absolute atomic E-state index is 0.543. The highest BCUT2D eigenvalue weighted by Gasteiger charge is 2.11. The van der Waals surface area contributed by atoms with E-state index < -0.39 is 0 Å². The van der Waals surface area contributed by atoms with Gasteiger partial charge in [-0.2, -0.15) is 0 Å². The molecular formula is C14H9Cl2N3OS2. The summed E-state index contributed by atoms with van der Waals surface area (Å²) in [6.45, 7) is 0. The number of thiazole rings is 1. The Morgan fingerprint density at radius 1 is 1.27 bits per heavy atom. The van der Waals surface area contributed by atoms with Gasteiger partial charge in [0.25, 0.3) is 0 Å². The quantitative estimate of drug-likeness (QED) is 0.367. The second-order valence-electron chi connectivity index (χ2n) is 4.17. The molecule has 0 fully saturated rings. The average Bonchev–Trinajstić information content (AvgIpc) is 2.89. The van der Waals surface area contributed by atoms with Crippen LogP contribution in [-0.4, -0.2) is 16.5 Å². The molecule has 0 saturated heterocycles. The van der Waals surface area contributed by atoms with Crippen LogP contribution >= 0.6 is 46.3 Å². The normalized spacial score (nSPS) is 11.4. The minimum Gasteiger partial charge on any atom is -0.290 e. The van der Waals surface area contributed by atoms with E-state index in [4.69, 9.17) is 28.4 Å². The fourth-order valence-electron chi connectivity index (χ4n) is 1.82. The Labute approximate surface area is 144 Å². The van der Waals surface area contributed by atoms with Crippen LogP contribution in [0.5, 0.6) is 0 Å². The number of para-hydroxylation sites is 1. The van der Waals surface area contributed by atoms with Crippen molar-refractivity contribution in [2.75, 3.05) is 0 Å². The van der Waals surface area contributed by atoms with Gasteiger partial charge in [0.2, 0.25) is 0 Å². The van der Waals surface area contributed by atoms with Crippen molar-refractivity contribution in [2.24, 2.45) is 4.99 Å². The Morgan fingerprint density at radius 3 is 2.91 bits per heavy atom. The lowest BCUT2D eigenvalue weighted by Crippen LogP contribution is -2.00. The summed E-state index contributed by atoms with van der Waals surface area (Å²) in [4.78, 5) is 9.60. The molecule has 0 unspecified atom stereocenters. The van der Waals surface area contributed by atoms with Crippen molar-refractivity contribution in [1.29, 1.82) is 0 Å². The smallest absolute Gasteiger partial charge is 0.156 e. The number of nitrogens with one attached hydrogen (secondary N) is 1. The van der Waals surface area contributed by atoms with Crippen molar-refractivity contribution in [3.05, 3.63) is 46.4 Å². The standard InChI is InChI=1S/C14H9Cl2N3OS2/c15-8-5-9(16)13-12(6-8)22-14(19-13)21-11-4-2-1-3-10(11)17-7-18-20/h1-7,20H,(H,17,18). The fraction of sp³-hybridized carbons (Fsp3) is 0. The van der Waals surface area contributed by atoms with Crippen LogP contribution in [0.4, 0.5) is 5.69 Å². The molecule has 1 aromatic heterocycles. The van der Waals surface area contributed by atoms with E-state index in [2.05, 4.69) is 9.98 Å². The van der Waals surface area contributed by atoms with Crippen LogP contribution in [0.25, 0.3) is 10.2 Å². The zero-order chi connectivity index (χ0) is 15.5. The van der Waals surface area contributed by atoms with E-state index in [1.165, 1.54) is 29.4 Å². The van der Waals surface area contributed by atoms with Crippen LogP contribution in [-0.2, 0) is 0 Å². The summed E-state index contributed by atoms with van der Waals surface area (Å²) < 4.78 is 1.79. The highest BCUT2D eigenvalue weighted by Crippen LogP contribution is 2.40. The van der Waals surface area contributed by atoms with Crippen molar-refractivity contribution < 1.29 is 5.21 Å². The molecule has 3 aromatic rings. The van der Waals surface area contributed by atoms with Gasteiger partial charge in [-0.15, -0.1) is 11.3 Å². The van der Waals surface area contributed by atoms with Gasteiger partial charge < -0.3 is 0 Å². The van der Waals surface area contributed by atoms with E-state index in [-0.39, 0.29) is 0 Å². The van der Waals surface area contributed by atoms with E-state index in [1.807, 2.05) is 35.8 Å². The summed E-state index contributed by atoms with van der Waals surface area (Å²) in [5, 5.41) is 9.75. The Kier molecular flexibility index (Phi) is 4.85. The van der Waals surface area contributed by atoms with Gasteiger partial charge in [-0.1, -0.05) is 47.1 Å². The highest BCUT2D eigenvalue weighted by atomic mass is 35.5. The van der Waals surface area contributed by atoms with Crippen molar-refractivity contribution in [2.45, 2.75) is 9.24 Å². The molecule has 3 rings (SSSR count). The number of rotatable bonds is 4. The van der Waals surface area contributed by atoms with Gasteiger partial charge in [-0.25, -0.2) is 9.98 Å². The summed E-state index contributed by atoms with van der Waals surface area (Å²) in [5.41, 5.74) is 3.38. The summed E-state index contributed by atoms with van der Waals surface area (Å²) in [7, 11) is 0. The van der Waals surface area contributed by atoms with Crippen LogP contribution in [0, 0.1) is 0 Å². The SMILES string of the molecule is ONC=Nc1ccccc1Sc1nc2c(Cl)cc(Cl)cc2s1. The van der Waals surface area contributed by atoms with Gasteiger partial charge in [-0.05, 0) is 24.3 Å². The van der Waals surface area contributed by atoms with Crippen LogP contribution in [0.2, 0.25) is 10.0 Å². The topological polar surface area (TPSA) is 57.5 Å². The fourth-order valence-corrected chi connectivity index (χ4v) is 4.65. The maximum atomic E-state index is 8.62. The first kappa shape index (κ1) is 15.6. The van der Waals surface area contributed by atoms with Gasteiger partial charge in [-0.3, -0.25) is 10.7 Å². The van der Waals surface area contributed by atoms with Crippen LogP contribution in [0.1, 0.15) is 0 Å². The van der Waals surface area contributed by atoms with Gasteiger partial charge in [0.15, 0.2) is 4.34 Å². The molecule has 2 N–H and O–H groups in total. The third-order valence-corrected chi connectivity index (χ3v) is 5.35. The summed E-state index contributed by atoms with van der Waals surface area (Å²) >= 11 is 15.2. The molecule has 0 spiro atoms. The maximum Gasteiger partial charge on any atom is 0.156 e. The molecule has 0 atom stereocenters. The molecule has 0 aliphatic carbocycles. The molecular weight excluding hydrogens is 361 g/mol. The Morgan fingerprint density at radius 2 is 2.09 bits per heavy atom. The number of hydroxylamine groups is 1. The van der Waals surface area contributed by atoms with Gasteiger partial charge >= 0.3 is 0 Å². The van der Waals surface area contributed by atoms with Gasteiger partial charge in [0, 0.05) is 9.92 Å². The molecule has 0 amide bonds. The van der Waals surface area contributed by atoms with E-state index in [9.17, 15) is 0 Å². The third kappa shape index (κ3) is 3.37. The molecule has 22 heavy (non-hydrogen) atoms. The number of nitrogens with zero attached hydrogens (tertiary/aromatic N) is 2. The predicted octanol–water partition coefficient (Wildman–Crippen LogP) is 5.39. The summed E-state index contributed by atoms with van der Waals surface area (Å²) in [6, 6.07) is 11.1. The lowest BCUT2D eigenvalue weighted by molar-refractivity contribution is 0.240. The molecule has 112 valence electrons. The first-order valence-corrected chi connectivity index (χ1v) is 8.51. The Hall–Kier alpha value is -1.31. The van der Waals surface area contributed by atoms with Crippen molar-refractivity contribution in [3.63, 3.8) is 0 Å². The predicted molar refractivity (Wildman–Crippen MR) is 93.3 cm³/mol. The zero-order valence-corrected chi connectivity index (χ0v) is 14.1. The van der Waals surface area contributed by atoms with Crippen molar-refractivity contribution in [3.8, 4) is 0 Å². The molecule has 2 aromatic carbocycles. The molecule has 0 aliphatic rings. The Balaban J connectivity index is 1.97. The Bertz CT molecular complexity index is 851. The lowest BCUT2D eigenvalue weighted by atomic mass is 10.3. The first-order chi connectivity index (χ1) is 10.7. The number of aromatic nitrogens is 1. The lowest BCUT2D eigenvalue weighted by Gasteiger charge is -2.01. The monoisotopic (exact) mass is 369 g/mol. The molecule has 0 radical (unpaired) electrons. The average molecular weight is 370 g/mol. The second-order valence-corrected chi connectivity index (χ2v) is 7.33. The number of hydrogen-bond donors (Lipinski definition) is 2. The number of benzene rings is 2. The number of hydrogen-bond acceptors (Lipinski definition) is 5. The van der Waals surface area contributed by atoms with Crippen molar-refractivity contribution >= 4 is 68.5 Å². The van der Waals surface area contributed by atoms with Gasteiger partial charge in [0.1, 0.15) is 11.9 Å². The van der Waals surface area contributed by atoms with Crippen LogP contribution < -0.4 is 5.48 Å². The van der Waals surface area contributed by atoms with E-state index in [1.54, 1.807) is 6.07 Å². The zero-order valence-electron chi connectivity index (χ0n) is 11.0. The van der Waals surface area contributed by atoms with Crippen molar-refractivity contribution in [1.82, 2.24) is 10.5 Å². The third-order valence-electron chi connectivity index (χ3n) is 2.72. The summed E-state index contributed by atoms with van der Waals surface area (Å²) in [6.07, 6.45) is 1.22. The van der Waals surface area contributed by atoms with Crippen LogP contribution in [0.3, 0.4) is 0 Å². The summed E-state index contributed by atoms with van der Waals surface area (Å²) in [5.74, 6) is 0. The van der Waals surface area contributed by atoms with Crippen LogP contribution in [0.15, 0.2) is 50.6 Å². The molecule has 0 saturated carbocycles. The van der Waals surface area contributed by atoms with E-state index >= 15 is 0 Å². The van der Waals surface area contributed by atoms with E-state index in [0.29, 0.717) is 10.0 Å². The highest BCUT2D eigenvalue weighted by molar-refractivity contribution is 8.01. The molecule has 0 aliphatic heterocycles. The minimum atomic E-state index is 0.543. The molecule has 1 heterocycles.